The van der Waals surface area contributed by atoms with Gasteiger partial charge in [-0.3, -0.25) is 0 Å². The molecule has 134 valence electrons. The van der Waals surface area contributed by atoms with Crippen molar-refractivity contribution in [1.29, 1.82) is 0 Å². The highest BCUT2D eigenvalue weighted by atomic mass is 35.5. The molecule has 1 N–H and O–H groups in total. The van der Waals surface area contributed by atoms with E-state index in [2.05, 4.69) is 5.10 Å². The molecule has 0 saturated carbocycles. The minimum Gasteiger partial charge on any atom is -0.478 e. The highest BCUT2D eigenvalue weighted by Crippen LogP contribution is 2.26. The minimum atomic E-state index is -4.29. The highest BCUT2D eigenvalue weighted by Gasteiger charge is 2.23. The van der Waals surface area contributed by atoms with Gasteiger partial charge in [-0.2, -0.15) is 18.2 Å². The Labute approximate surface area is 154 Å². The van der Waals surface area contributed by atoms with E-state index in [0.717, 1.165) is 6.07 Å². The second-order valence-electron chi connectivity index (χ2n) is 5.36. The topological polar surface area (TPSA) is 98.5 Å². The number of aryl methyl sites for hydroxylation is 1. The van der Waals surface area contributed by atoms with Crippen molar-refractivity contribution in [3.8, 4) is 11.6 Å². The number of nitrogens with zero attached hydrogens (tertiary/aromatic N) is 2. The van der Waals surface area contributed by atoms with Crippen molar-refractivity contribution in [2.24, 2.45) is 0 Å². The molecule has 26 heavy (non-hydrogen) atoms. The summed E-state index contributed by atoms with van der Waals surface area (Å²) in [5.41, 5.74) is 0.846. The van der Waals surface area contributed by atoms with Crippen LogP contribution in [0.1, 0.15) is 16.1 Å². The molecule has 9 heteroatoms. The third-order valence-corrected chi connectivity index (χ3v) is 5.00. The monoisotopic (exact) mass is 392 g/mol. The molecule has 0 atom stereocenters. The Kier molecular flexibility index (Phi) is 4.71. The van der Waals surface area contributed by atoms with Crippen LogP contribution < -0.4 is 4.18 Å². The van der Waals surface area contributed by atoms with Crippen LogP contribution in [0, 0.1) is 6.92 Å². The minimum absolute atomic E-state index is 0.0134. The van der Waals surface area contributed by atoms with E-state index in [9.17, 15) is 13.2 Å². The molecule has 0 unspecified atom stereocenters. The van der Waals surface area contributed by atoms with Crippen molar-refractivity contribution in [3.63, 3.8) is 0 Å². The highest BCUT2D eigenvalue weighted by molar-refractivity contribution is 7.87. The van der Waals surface area contributed by atoms with Gasteiger partial charge >= 0.3 is 16.1 Å². The van der Waals surface area contributed by atoms with Crippen LogP contribution in [0.3, 0.4) is 0 Å². The molecule has 3 aromatic rings. The van der Waals surface area contributed by atoms with Gasteiger partial charge in [-0.15, -0.1) is 0 Å². The molecule has 0 amide bonds. The zero-order valence-electron chi connectivity index (χ0n) is 13.5. The Morgan fingerprint density at radius 2 is 1.85 bits per heavy atom. The van der Waals surface area contributed by atoms with Gasteiger partial charge in [-0.1, -0.05) is 29.8 Å². The molecule has 2 aromatic carbocycles. The van der Waals surface area contributed by atoms with E-state index in [-0.39, 0.29) is 21.4 Å². The van der Waals surface area contributed by atoms with E-state index in [1.165, 1.54) is 22.9 Å². The Balaban J connectivity index is 2.02. The van der Waals surface area contributed by atoms with Crippen LogP contribution in [0.4, 0.5) is 0 Å². The van der Waals surface area contributed by atoms with Crippen molar-refractivity contribution < 1.29 is 22.5 Å². The zero-order valence-corrected chi connectivity index (χ0v) is 15.0. The number of halogens is 1. The average molecular weight is 393 g/mol. The summed E-state index contributed by atoms with van der Waals surface area (Å²) in [4.78, 5) is 10.8. The fraction of sp³-hybridized carbons (Fsp3) is 0.0588. The normalized spacial score (nSPS) is 11.3. The molecule has 0 aliphatic heterocycles. The number of rotatable bonds is 5. The van der Waals surface area contributed by atoms with Gasteiger partial charge in [-0.05, 0) is 37.3 Å². The van der Waals surface area contributed by atoms with Gasteiger partial charge in [0.2, 0.25) is 5.88 Å². The predicted molar refractivity (Wildman–Crippen MR) is 94.5 cm³/mol. The molecule has 0 fully saturated rings. The molecule has 0 aliphatic carbocycles. The van der Waals surface area contributed by atoms with Gasteiger partial charge in [0.15, 0.2) is 0 Å². The maximum atomic E-state index is 12.6. The summed E-state index contributed by atoms with van der Waals surface area (Å²) in [6, 6.07) is 13.7. The lowest BCUT2D eigenvalue weighted by molar-refractivity contribution is 0.0697. The number of hydrogen-bond acceptors (Lipinski definition) is 5. The lowest BCUT2D eigenvalue weighted by Gasteiger charge is -2.10. The fourth-order valence-electron chi connectivity index (χ4n) is 2.27. The van der Waals surface area contributed by atoms with Crippen molar-refractivity contribution in [2.45, 2.75) is 11.8 Å². The zero-order chi connectivity index (χ0) is 18.9. The Morgan fingerprint density at radius 1 is 1.15 bits per heavy atom. The second-order valence-corrected chi connectivity index (χ2v) is 7.31. The number of aromatic carboxylic acids is 1. The molecule has 1 aromatic heterocycles. The molecule has 0 radical (unpaired) electrons. The standard InChI is InChI=1S/C17H13ClN2O5S/c1-11-9-16(20(19-11)12-5-3-2-4-6-12)25-26(23,24)13-7-8-15(18)14(10-13)17(21)22/h2-10H,1H3,(H,21,22). The summed E-state index contributed by atoms with van der Waals surface area (Å²) < 4.78 is 31.7. The lowest BCUT2D eigenvalue weighted by atomic mass is 10.2. The van der Waals surface area contributed by atoms with Crippen molar-refractivity contribution >= 4 is 27.7 Å². The van der Waals surface area contributed by atoms with Gasteiger partial charge in [-0.25, -0.2) is 4.79 Å². The van der Waals surface area contributed by atoms with E-state index in [1.54, 1.807) is 31.2 Å². The molecule has 0 aliphatic rings. The van der Waals surface area contributed by atoms with Crippen molar-refractivity contribution in [2.75, 3.05) is 0 Å². The summed E-state index contributed by atoms with van der Waals surface area (Å²) in [6.07, 6.45) is 0. The molecule has 1 heterocycles. The number of benzene rings is 2. The Bertz CT molecular complexity index is 1080. The largest absolute Gasteiger partial charge is 0.478 e. The average Bonchev–Trinajstić information content (AvgIpc) is 2.95. The number of carboxylic acid groups (broad SMARTS) is 1. The first-order valence-electron chi connectivity index (χ1n) is 7.37. The molecule has 0 saturated heterocycles. The Morgan fingerprint density at radius 3 is 2.50 bits per heavy atom. The van der Waals surface area contributed by atoms with Crippen LogP contribution in [-0.2, 0) is 10.1 Å². The number of carbonyl (C=O) groups is 1. The predicted octanol–water partition coefficient (Wildman–Crippen LogP) is 3.30. The van der Waals surface area contributed by atoms with E-state index in [0.29, 0.717) is 11.4 Å². The molecule has 0 bridgehead atoms. The summed E-state index contributed by atoms with van der Waals surface area (Å²) in [7, 11) is -4.29. The van der Waals surface area contributed by atoms with Crippen molar-refractivity contribution in [3.05, 3.63) is 70.9 Å². The van der Waals surface area contributed by atoms with Gasteiger partial charge in [0, 0.05) is 6.07 Å². The number of para-hydroxylation sites is 1. The summed E-state index contributed by atoms with van der Waals surface area (Å²) in [5, 5.41) is 13.3. The van der Waals surface area contributed by atoms with Crippen LogP contribution in [0.15, 0.2) is 59.5 Å². The van der Waals surface area contributed by atoms with Gasteiger partial charge in [0.25, 0.3) is 0 Å². The summed E-state index contributed by atoms with van der Waals surface area (Å²) in [5.74, 6) is -1.35. The smallest absolute Gasteiger partial charge is 0.340 e. The van der Waals surface area contributed by atoms with E-state index >= 15 is 0 Å². The molecular formula is C17H13ClN2O5S. The number of hydrogen-bond donors (Lipinski definition) is 1. The van der Waals surface area contributed by atoms with Crippen LogP contribution in [0.5, 0.6) is 5.88 Å². The first kappa shape index (κ1) is 18.0. The van der Waals surface area contributed by atoms with E-state index < -0.39 is 16.1 Å². The maximum Gasteiger partial charge on any atom is 0.340 e. The van der Waals surface area contributed by atoms with Crippen LogP contribution in [-0.4, -0.2) is 29.3 Å². The Hall–Kier alpha value is -2.84. The third kappa shape index (κ3) is 3.56. The number of carboxylic acids is 1. The lowest BCUT2D eigenvalue weighted by Crippen LogP contribution is -2.13. The van der Waals surface area contributed by atoms with Crippen LogP contribution >= 0.6 is 11.6 Å². The maximum absolute atomic E-state index is 12.6. The summed E-state index contributed by atoms with van der Waals surface area (Å²) in [6.45, 7) is 1.70. The quantitative estimate of drug-likeness (QED) is 0.669. The third-order valence-electron chi connectivity index (χ3n) is 3.45. The molecule has 3 rings (SSSR count). The second kappa shape index (κ2) is 6.81. The van der Waals surface area contributed by atoms with Crippen LogP contribution in [0.2, 0.25) is 5.02 Å². The van der Waals surface area contributed by atoms with E-state index in [4.69, 9.17) is 20.9 Å². The molecule has 0 spiro atoms. The first-order chi connectivity index (χ1) is 12.3. The van der Waals surface area contributed by atoms with Crippen LogP contribution in [0.25, 0.3) is 5.69 Å². The number of aromatic nitrogens is 2. The first-order valence-corrected chi connectivity index (χ1v) is 9.16. The van der Waals surface area contributed by atoms with Crippen molar-refractivity contribution in [1.82, 2.24) is 9.78 Å². The van der Waals surface area contributed by atoms with E-state index in [1.807, 2.05) is 6.07 Å². The molecule has 7 nitrogen and oxygen atoms in total. The molecular weight excluding hydrogens is 380 g/mol. The summed E-state index contributed by atoms with van der Waals surface area (Å²) >= 11 is 5.78. The van der Waals surface area contributed by atoms with Gasteiger partial charge in [0.1, 0.15) is 4.90 Å². The SMILES string of the molecule is Cc1cc(OS(=O)(=O)c2ccc(Cl)c(C(=O)O)c2)n(-c2ccccc2)n1. The van der Waals surface area contributed by atoms with Gasteiger partial charge < -0.3 is 9.29 Å². The van der Waals surface area contributed by atoms with Gasteiger partial charge in [0.05, 0.1) is 22.0 Å². The fourth-order valence-corrected chi connectivity index (χ4v) is 3.41.